The fourth-order valence-electron chi connectivity index (χ4n) is 1.48. The number of hydrogen-bond donors (Lipinski definition) is 0. The first-order valence-electron chi connectivity index (χ1n) is 5.89. The number of methoxy groups -OCH3 is 1. The Bertz CT molecular complexity index is 315. The fraction of sp³-hybridized carbons (Fsp3) is 0.909. The zero-order valence-electron chi connectivity index (χ0n) is 11.5. The number of unbranched alkanes of at least 4 members (excludes halogenated alkanes) is 4. The average molecular weight is 288 g/mol. The van der Waals surface area contributed by atoms with E-state index in [9.17, 15) is 17.8 Å². The van der Waals surface area contributed by atoms with Crippen LogP contribution in [0.25, 0.3) is 0 Å². The number of hydrogen-bond acceptors (Lipinski definition) is 5. The second kappa shape index (κ2) is 11.2. The van der Waals surface area contributed by atoms with Gasteiger partial charge in [0, 0.05) is 11.7 Å². The maximum atomic E-state index is 10.8. The molecule has 102 valence electrons. The van der Waals surface area contributed by atoms with Crippen molar-refractivity contribution in [3.05, 3.63) is 0 Å². The molecule has 0 aromatic heterocycles. The Labute approximate surface area is 132 Å². The molecule has 0 N–H and O–H groups in total. The molecule has 0 fully saturated rings. The minimum absolute atomic E-state index is 0. The van der Waals surface area contributed by atoms with Gasteiger partial charge in [-0.05, 0) is 19.8 Å². The Hall–Kier alpha value is 0.380. The van der Waals surface area contributed by atoms with Gasteiger partial charge in [0.2, 0.25) is 0 Å². The summed E-state index contributed by atoms with van der Waals surface area (Å²) >= 11 is 0. The van der Waals surface area contributed by atoms with Gasteiger partial charge in [0.25, 0.3) is 0 Å². The Morgan fingerprint density at radius 3 is 2.17 bits per heavy atom. The van der Waals surface area contributed by atoms with Crippen molar-refractivity contribution >= 4 is 16.1 Å². The fourth-order valence-corrected chi connectivity index (χ4v) is 1.93. The molecule has 18 heavy (non-hydrogen) atoms. The summed E-state index contributed by atoms with van der Waals surface area (Å²) in [5.41, 5.74) is 0. The molecule has 0 radical (unpaired) electrons. The molecule has 0 rings (SSSR count). The summed E-state index contributed by atoms with van der Waals surface area (Å²) in [4.78, 5) is 10.8. The molecule has 0 heterocycles. The molecule has 0 saturated heterocycles. The smallest absolute Gasteiger partial charge is 0.748 e. The molecule has 0 amide bonds. The Balaban J connectivity index is 0. The number of esters is 1. The third-order valence-electron chi connectivity index (χ3n) is 2.71. The summed E-state index contributed by atoms with van der Waals surface area (Å²) in [5, 5.41) is -0.794. The van der Waals surface area contributed by atoms with Gasteiger partial charge in [0.1, 0.15) is 0 Å². The molecule has 1 unspecified atom stereocenters. The van der Waals surface area contributed by atoms with Crippen molar-refractivity contribution in [3.8, 4) is 0 Å². The summed E-state index contributed by atoms with van der Waals surface area (Å²) < 4.78 is 36.3. The molecule has 0 aromatic carbocycles. The minimum atomic E-state index is -4.13. The maximum absolute atomic E-state index is 10.8. The van der Waals surface area contributed by atoms with Gasteiger partial charge in [-0.2, -0.15) is 0 Å². The van der Waals surface area contributed by atoms with Gasteiger partial charge in [-0.3, -0.25) is 4.79 Å². The predicted molar refractivity (Wildman–Crippen MR) is 63.5 cm³/mol. The van der Waals surface area contributed by atoms with Crippen LogP contribution in [0.15, 0.2) is 0 Å². The molecule has 0 aliphatic rings. The van der Waals surface area contributed by atoms with E-state index in [2.05, 4.69) is 4.74 Å². The van der Waals surface area contributed by atoms with E-state index >= 15 is 0 Å². The van der Waals surface area contributed by atoms with Crippen molar-refractivity contribution in [2.45, 2.75) is 57.1 Å². The van der Waals surface area contributed by atoms with Crippen LogP contribution in [0.1, 0.15) is 51.9 Å². The van der Waals surface area contributed by atoms with Crippen LogP contribution in [0.4, 0.5) is 0 Å². The van der Waals surface area contributed by atoms with Crippen molar-refractivity contribution < 1.29 is 52.1 Å². The second-order valence-corrected chi connectivity index (χ2v) is 5.98. The van der Waals surface area contributed by atoms with Crippen molar-refractivity contribution in [1.29, 1.82) is 0 Å². The van der Waals surface area contributed by atoms with Crippen molar-refractivity contribution in [2.24, 2.45) is 0 Å². The molecule has 5 nitrogen and oxygen atoms in total. The number of carbonyl (C=O) groups is 1. The number of ether oxygens (including phenoxy) is 1. The SMILES string of the molecule is COC(=O)CCCCCCCC(C)S(=O)(=O)[O-].[Na+]. The maximum Gasteiger partial charge on any atom is 1.00 e. The molecular formula is C11H21NaO5S. The van der Waals surface area contributed by atoms with Crippen LogP contribution in [0.3, 0.4) is 0 Å². The van der Waals surface area contributed by atoms with Gasteiger partial charge in [0.05, 0.1) is 17.2 Å². The standard InChI is InChI=1S/C11H22O5S.Na/c1-10(17(13,14)15)8-6-4-3-5-7-9-11(12)16-2;/h10H,3-9H2,1-2H3,(H,13,14,15);/q;+1/p-1. The largest absolute Gasteiger partial charge is 1.00 e. The molecular weight excluding hydrogens is 267 g/mol. The quantitative estimate of drug-likeness (QED) is 0.231. The molecule has 0 aromatic rings. The summed E-state index contributed by atoms with van der Waals surface area (Å²) in [6, 6.07) is 0. The van der Waals surface area contributed by atoms with Crippen LogP contribution < -0.4 is 29.6 Å². The first-order valence-corrected chi connectivity index (χ1v) is 7.36. The molecule has 0 bridgehead atoms. The summed E-state index contributed by atoms with van der Waals surface area (Å²) in [6.45, 7) is 1.44. The van der Waals surface area contributed by atoms with E-state index in [1.54, 1.807) is 0 Å². The minimum Gasteiger partial charge on any atom is -0.748 e. The van der Waals surface area contributed by atoms with Gasteiger partial charge in [-0.1, -0.05) is 25.7 Å². The van der Waals surface area contributed by atoms with E-state index in [1.807, 2.05) is 0 Å². The summed E-state index contributed by atoms with van der Waals surface area (Å²) in [6.07, 6.45) is 5.14. The Kier molecular flexibility index (Phi) is 12.9. The van der Waals surface area contributed by atoms with Gasteiger partial charge in [-0.15, -0.1) is 0 Å². The molecule has 0 saturated carbocycles. The van der Waals surface area contributed by atoms with E-state index < -0.39 is 15.4 Å². The molecule has 0 aliphatic carbocycles. The van der Waals surface area contributed by atoms with Crippen molar-refractivity contribution in [3.63, 3.8) is 0 Å². The van der Waals surface area contributed by atoms with E-state index in [4.69, 9.17) is 0 Å². The molecule has 7 heteroatoms. The van der Waals surface area contributed by atoms with Gasteiger partial charge in [0.15, 0.2) is 0 Å². The van der Waals surface area contributed by atoms with Gasteiger partial charge >= 0.3 is 35.5 Å². The molecule has 0 aliphatic heterocycles. The van der Waals surface area contributed by atoms with E-state index in [-0.39, 0.29) is 35.5 Å². The summed E-state index contributed by atoms with van der Waals surface area (Å²) in [5.74, 6) is -0.198. The second-order valence-electron chi connectivity index (χ2n) is 4.19. The molecule has 1 atom stereocenters. The van der Waals surface area contributed by atoms with Crippen LogP contribution >= 0.6 is 0 Å². The Morgan fingerprint density at radius 2 is 1.67 bits per heavy atom. The van der Waals surface area contributed by atoms with Crippen molar-refractivity contribution in [2.75, 3.05) is 7.11 Å². The monoisotopic (exact) mass is 288 g/mol. The zero-order valence-corrected chi connectivity index (χ0v) is 14.3. The topological polar surface area (TPSA) is 83.5 Å². The van der Waals surface area contributed by atoms with Crippen LogP contribution in [0.2, 0.25) is 0 Å². The van der Waals surface area contributed by atoms with Crippen LogP contribution in [-0.2, 0) is 19.6 Å². The third kappa shape index (κ3) is 11.5. The number of carbonyl (C=O) groups excluding carboxylic acids is 1. The van der Waals surface area contributed by atoms with Crippen LogP contribution in [0.5, 0.6) is 0 Å². The first-order chi connectivity index (χ1) is 7.88. The van der Waals surface area contributed by atoms with E-state index in [1.165, 1.54) is 14.0 Å². The van der Waals surface area contributed by atoms with Crippen LogP contribution in [0, 0.1) is 0 Å². The van der Waals surface area contributed by atoms with E-state index in [0.29, 0.717) is 12.8 Å². The average Bonchev–Trinajstić information content (AvgIpc) is 2.25. The summed E-state index contributed by atoms with van der Waals surface area (Å²) in [7, 11) is -2.76. The van der Waals surface area contributed by atoms with E-state index in [0.717, 1.165) is 32.1 Å². The van der Waals surface area contributed by atoms with Crippen molar-refractivity contribution in [1.82, 2.24) is 0 Å². The van der Waals surface area contributed by atoms with Gasteiger partial charge < -0.3 is 9.29 Å². The van der Waals surface area contributed by atoms with Crippen LogP contribution in [-0.4, -0.2) is 31.3 Å². The first kappa shape index (κ1) is 20.7. The molecule has 0 spiro atoms. The Morgan fingerprint density at radius 1 is 1.17 bits per heavy atom. The number of rotatable bonds is 9. The third-order valence-corrected chi connectivity index (χ3v) is 3.93. The zero-order chi connectivity index (χ0) is 13.3. The van der Waals surface area contributed by atoms with Gasteiger partial charge in [-0.25, -0.2) is 8.42 Å². The normalized spacial score (nSPS) is 12.6. The predicted octanol–water partition coefficient (Wildman–Crippen LogP) is -1.17.